The lowest BCUT2D eigenvalue weighted by Crippen LogP contribution is -1.83. The molecule has 18 heavy (non-hydrogen) atoms. The molecule has 0 aliphatic heterocycles. The van der Waals surface area contributed by atoms with Crippen LogP contribution in [0, 0.1) is 0 Å². The molecule has 0 spiro atoms. The van der Waals surface area contributed by atoms with Crippen LogP contribution in [0.4, 0.5) is 0 Å². The van der Waals surface area contributed by atoms with Crippen LogP contribution in [0.15, 0.2) is 59.3 Å². The molecular formula is C14H10O2S2. The lowest BCUT2D eigenvalue weighted by atomic mass is 10.3. The molecule has 0 fully saturated rings. The molecule has 0 amide bonds. The summed E-state index contributed by atoms with van der Waals surface area (Å²) < 4.78 is 11.3. The minimum atomic E-state index is 0.816. The molecule has 4 heteroatoms. The van der Waals surface area contributed by atoms with E-state index in [1.54, 1.807) is 22.7 Å². The van der Waals surface area contributed by atoms with Gasteiger partial charge in [-0.25, -0.2) is 0 Å². The van der Waals surface area contributed by atoms with Gasteiger partial charge >= 0.3 is 0 Å². The van der Waals surface area contributed by atoms with E-state index in [4.69, 9.17) is 9.47 Å². The van der Waals surface area contributed by atoms with Gasteiger partial charge in [0.05, 0.1) is 0 Å². The third-order valence-corrected chi connectivity index (χ3v) is 3.74. The predicted molar refractivity (Wildman–Crippen MR) is 75.2 cm³/mol. The Bertz CT molecular complexity index is 528. The van der Waals surface area contributed by atoms with E-state index >= 15 is 0 Å². The van der Waals surface area contributed by atoms with Crippen molar-refractivity contribution in [3.05, 3.63) is 59.3 Å². The van der Waals surface area contributed by atoms with Crippen LogP contribution < -0.4 is 9.47 Å². The fourth-order valence-electron chi connectivity index (χ4n) is 1.45. The molecule has 0 atom stereocenters. The van der Waals surface area contributed by atoms with Crippen LogP contribution in [0.25, 0.3) is 0 Å². The Kier molecular flexibility index (Phi) is 3.30. The first kappa shape index (κ1) is 11.3. The Balaban J connectivity index is 1.69. The molecule has 3 aromatic rings. The van der Waals surface area contributed by atoms with E-state index in [2.05, 4.69) is 0 Å². The summed E-state index contributed by atoms with van der Waals surface area (Å²) in [6.45, 7) is 0. The quantitative estimate of drug-likeness (QED) is 0.634. The van der Waals surface area contributed by atoms with E-state index < -0.39 is 0 Å². The Morgan fingerprint density at radius 2 is 1.06 bits per heavy atom. The Morgan fingerprint density at radius 1 is 0.611 bits per heavy atom. The largest absolute Gasteiger partial charge is 0.447 e. The van der Waals surface area contributed by atoms with Crippen molar-refractivity contribution in [2.45, 2.75) is 0 Å². The number of hydrogen-bond donors (Lipinski definition) is 0. The van der Waals surface area contributed by atoms with Crippen molar-refractivity contribution in [2.75, 3.05) is 0 Å². The minimum Gasteiger partial charge on any atom is -0.447 e. The average molecular weight is 274 g/mol. The molecule has 2 aromatic heterocycles. The van der Waals surface area contributed by atoms with Gasteiger partial charge in [-0.05, 0) is 59.3 Å². The van der Waals surface area contributed by atoms with Gasteiger partial charge < -0.3 is 9.47 Å². The SMILES string of the molecule is c1csc(Oc2ccc(Oc3cccs3)cc2)c1. The predicted octanol–water partition coefficient (Wildman–Crippen LogP) is 5.39. The zero-order valence-corrected chi connectivity index (χ0v) is 11.0. The molecule has 0 aliphatic rings. The molecule has 0 bridgehead atoms. The molecular weight excluding hydrogens is 264 g/mol. The summed E-state index contributed by atoms with van der Waals surface area (Å²) in [7, 11) is 0. The van der Waals surface area contributed by atoms with Crippen molar-refractivity contribution in [2.24, 2.45) is 0 Å². The van der Waals surface area contributed by atoms with Crippen LogP contribution in [0.2, 0.25) is 0 Å². The Labute approximate surface area is 113 Å². The molecule has 0 unspecified atom stereocenters. The number of ether oxygens (including phenoxy) is 2. The fourth-order valence-corrected chi connectivity index (χ4v) is 2.64. The molecule has 90 valence electrons. The van der Waals surface area contributed by atoms with E-state index in [-0.39, 0.29) is 0 Å². The molecule has 3 rings (SSSR count). The summed E-state index contributed by atoms with van der Waals surface area (Å²) in [5, 5.41) is 5.76. The van der Waals surface area contributed by atoms with E-state index in [1.165, 1.54) is 0 Å². The summed E-state index contributed by atoms with van der Waals surface area (Å²) in [6, 6.07) is 15.4. The van der Waals surface area contributed by atoms with Gasteiger partial charge in [0.25, 0.3) is 0 Å². The van der Waals surface area contributed by atoms with Crippen molar-refractivity contribution in [1.29, 1.82) is 0 Å². The first-order valence-corrected chi connectivity index (χ1v) is 7.19. The van der Waals surface area contributed by atoms with Crippen molar-refractivity contribution < 1.29 is 9.47 Å². The van der Waals surface area contributed by atoms with Gasteiger partial charge in [-0.1, -0.05) is 0 Å². The van der Waals surface area contributed by atoms with Gasteiger partial charge in [-0.15, -0.1) is 22.7 Å². The van der Waals surface area contributed by atoms with Gasteiger partial charge in [0, 0.05) is 0 Å². The maximum Gasteiger partial charge on any atom is 0.180 e. The van der Waals surface area contributed by atoms with Crippen LogP contribution in [0.1, 0.15) is 0 Å². The second-order valence-corrected chi connectivity index (χ2v) is 5.36. The van der Waals surface area contributed by atoms with E-state index in [0.29, 0.717) is 0 Å². The lowest BCUT2D eigenvalue weighted by Gasteiger charge is -2.05. The molecule has 2 nitrogen and oxygen atoms in total. The highest BCUT2D eigenvalue weighted by molar-refractivity contribution is 7.12. The number of hydrogen-bond acceptors (Lipinski definition) is 4. The van der Waals surface area contributed by atoms with Gasteiger partial charge in [0.1, 0.15) is 11.5 Å². The second kappa shape index (κ2) is 5.25. The molecule has 0 saturated carbocycles. The number of thiophene rings is 2. The molecule has 0 saturated heterocycles. The monoisotopic (exact) mass is 274 g/mol. The zero-order valence-electron chi connectivity index (χ0n) is 9.41. The van der Waals surface area contributed by atoms with E-state index in [0.717, 1.165) is 21.6 Å². The van der Waals surface area contributed by atoms with Crippen LogP contribution in [0.5, 0.6) is 21.6 Å². The smallest absolute Gasteiger partial charge is 0.180 e. The zero-order chi connectivity index (χ0) is 12.2. The highest BCUT2D eigenvalue weighted by Crippen LogP contribution is 2.30. The third kappa shape index (κ3) is 2.72. The van der Waals surface area contributed by atoms with Crippen molar-refractivity contribution in [3.63, 3.8) is 0 Å². The summed E-state index contributed by atoms with van der Waals surface area (Å²) in [5.41, 5.74) is 0. The molecule has 0 radical (unpaired) electrons. The lowest BCUT2D eigenvalue weighted by molar-refractivity contribution is 0.483. The van der Waals surface area contributed by atoms with Gasteiger partial charge in [0.15, 0.2) is 10.1 Å². The van der Waals surface area contributed by atoms with Gasteiger partial charge in [-0.2, -0.15) is 0 Å². The minimum absolute atomic E-state index is 0.816. The summed E-state index contributed by atoms with van der Waals surface area (Å²) in [6.07, 6.45) is 0. The van der Waals surface area contributed by atoms with Crippen molar-refractivity contribution in [3.8, 4) is 21.6 Å². The third-order valence-electron chi connectivity index (χ3n) is 2.25. The summed E-state index contributed by atoms with van der Waals surface area (Å²) >= 11 is 3.15. The second-order valence-electron chi connectivity index (χ2n) is 3.54. The Morgan fingerprint density at radius 3 is 1.39 bits per heavy atom. The summed E-state index contributed by atoms with van der Waals surface area (Å²) in [4.78, 5) is 0. The Hall–Kier alpha value is -1.78. The average Bonchev–Trinajstić information content (AvgIpc) is 3.05. The van der Waals surface area contributed by atoms with Gasteiger partial charge in [-0.3, -0.25) is 0 Å². The van der Waals surface area contributed by atoms with Crippen molar-refractivity contribution in [1.82, 2.24) is 0 Å². The standard InChI is InChI=1S/C14H10O2S2/c1-3-13(17-9-1)15-11-5-7-12(8-6-11)16-14-4-2-10-18-14/h1-10H. The molecule has 2 heterocycles. The van der Waals surface area contributed by atoms with Gasteiger partial charge in [0.2, 0.25) is 0 Å². The molecule has 0 N–H and O–H groups in total. The van der Waals surface area contributed by atoms with Crippen LogP contribution in [-0.4, -0.2) is 0 Å². The number of rotatable bonds is 4. The van der Waals surface area contributed by atoms with Crippen molar-refractivity contribution >= 4 is 22.7 Å². The van der Waals surface area contributed by atoms with Crippen LogP contribution in [-0.2, 0) is 0 Å². The first-order valence-electron chi connectivity index (χ1n) is 5.43. The maximum atomic E-state index is 5.67. The first-order chi connectivity index (χ1) is 8.90. The molecule has 0 aliphatic carbocycles. The fraction of sp³-hybridized carbons (Fsp3) is 0. The maximum absolute atomic E-state index is 5.67. The number of benzene rings is 1. The highest BCUT2D eigenvalue weighted by Gasteiger charge is 2.00. The van der Waals surface area contributed by atoms with E-state index in [1.807, 2.05) is 59.3 Å². The highest BCUT2D eigenvalue weighted by atomic mass is 32.1. The van der Waals surface area contributed by atoms with Crippen LogP contribution >= 0.6 is 22.7 Å². The molecule has 1 aromatic carbocycles. The summed E-state index contributed by atoms with van der Waals surface area (Å²) in [5.74, 6) is 1.63. The normalized spacial score (nSPS) is 10.2. The topological polar surface area (TPSA) is 18.5 Å². The van der Waals surface area contributed by atoms with E-state index in [9.17, 15) is 0 Å². The van der Waals surface area contributed by atoms with Crippen LogP contribution in [0.3, 0.4) is 0 Å².